The molecule has 6 rings (SSSR count). The molecule has 0 aliphatic heterocycles. The van der Waals surface area contributed by atoms with Crippen LogP contribution >= 0.6 is 0 Å². The average molecular weight is 401 g/mol. The molecule has 2 aliphatic carbocycles. The topological polar surface area (TPSA) is 99.0 Å². The van der Waals surface area contributed by atoms with Gasteiger partial charge in [0.25, 0.3) is 5.56 Å². The molecule has 0 amide bonds. The molecular formula is C23H23N5O2. The first-order chi connectivity index (χ1) is 14.4. The number of hydrogen-bond acceptors (Lipinski definition) is 5. The van der Waals surface area contributed by atoms with E-state index in [1.54, 1.807) is 16.8 Å². The molecule has 0 atom stereocenters. The molecule has 0 radical (unpaired) electrons. The fourth-order valence-corrected chi connectivity index (χ4v) is 5.59. The predicted molar refractivity (Wildman–Crippen MR) is 115 cm³/mol. The molecule has 7 heteroatoms. The van der Waals surface area contributed by atoms with E-state index in [-0.39, 0.29) is 22.4 Å². The molecule has 3 heterocycles. The number of nitrogens with zero attached hydrogens (tertiary/aromatic N) is 4. The predicted octanol–water partition coefficient (Wildman–Crippen LogP) is 3.03. The molecular weight excluding hydrogens is 378 g/mol. The van der Waals surface area contributed by atoms with Gasteiger partial charge in [-0.25, -0.2) is 4.98 Å². The van der Waals surface area contributed by atoms with Gasteiger partial charge in [-0.05, 0) is 56.4 Å². The van der Waals surface area contributed by atoms with Crippen molar-refractivity contribution in [2.75, 3.05) is 0 Å². The SMILES string of the molecule is Cn1cc2cc(-c3ccc4c(=O)n(C56CCC(N)(CC5)C6)ccc4n3)c(O)cc2n1. The Morgan fingerprint density at radius 1 is 1.10 bits per heavy atom. The molecule has 1 aromatic carbocycles. The smallest absolute Gasteiger partial charge is 0.260 e. The van der Waals surface area contributed by atoms with Gasteiger partial charge in [-0.2, -0.15) is 5.10 Å². The van der Waals surface area contributed by atoms with Gasteiger partial charge in [0.2, 0.25) is 0 Å². The molecule has 3 N–H and O–H groups in total. The molecule has 152 valence electrons. The average Bonchev–Trinajstić information content (AvgIpc) is 3.36. The van der Waals surface area contributed by atoms with Crippen molar-refractivity contribution in [2.24, 2.45) is 12.8 Å². The van der Waals surface area contributed by atoms with Crippen molar-refractivity contribution in [3.8, 4) is 17.0 Å². The highest BCUT2D eigenvalue weighted by Gasteiger charge is 2.53. The summed E-state index contributed by atoms with van der Waals surface area (Å²) in [5.74, 6) is 0.122. The summed E-state index contributed by atoms with van der Waals surface area (Å²) in [6.07, 6.45) is 8.52. The van der Waals surface area contributed by atoms with E-state index < -0.39 is 0 Å². The first-order valence-corrected chi connectivity index (χ1v) is 10.3. The van der Waals surface area contributed by atoms with Crippen LogP contribution in [0.25, 0.3) is 33.1 Å². The minimum atomic E-state index is -0.150. The van der Waals surface area contributed by atoms with Gasteiger partial charge in [0.05, 0.1) is 22.1 Å². The lowest BCUT2D eigenvalue weighted by Gasteiger charge is -2.29. The lowest BCUT2D eigenvalue weighted by atomic mass is 9.91. The van der Waals surface area contributed by atoms with Gasteiger partial charge in [0.15, 0.2) is 0 Å². The summed E-state index contributed by atoms with van der Waals surface area (Å²) in [6.45, 7) is 0. The number of phenols is 1. The zero-order chi connectivity index (χ0) is 20.7. The Morgan fingerprint density at radius 2 is 1.90 bits per heavy atom. The summed E-state index contributed by atoms with van der Waals surface area (Å²) >= 11 is 0. The van der Waals surface area contributed by atoms with Crippen molar-refractivity contribution in [3.05, 3.63) is 53.1 Å². The number of nitrogens with two attached hydrogens (primary N) is 1. The number of phenolic OH excluding ortho intramolecular Hbond substituents is 1. The fraction of sp³-hybridized carbons (Fsp3) is 0.348. The Bertz CT molecular complexity index is 1390. The maximum atomic E-state index is 13.3. The van der Waals surface area contributed by atoms with Crippen molar-refractivity contribution >= 4 is 21.8 Å². The van der Waals surface area contributed by atoms with Gasteiger partial charge >= 0.3 is 0 Å². The number of fused-ring (bicyclic) bond motifs is 4. The molecule has 0 spiro atoms. The van der Waals surface area contributed by atoms with E-state index in [2.05, 4.69) is 5.10 Å². The summed E-state index contributed by atoms with van der Waals surface area (Å²) in [5, 5.41) is 16.4. The first-order valence-electron chi connectivity index (χ1n) is 10.3. The molecule has 4 aromatic rings. The number of aromatic nitrogens is 4. The maximum absolute atomic E-state index is 13.3. The highest BCUT2D eigenvalue weighted by Crippen LogP contribution is 2.53. The van der Waals surface area contributed by atoms with Crippen molar-refractivity contribution in [2.45, 2.75) is 43.2 Å². The van der Waals surface area contributed by atoms with Crippen LogP contribution in [0, 0.1) is 0 Å². The lowest BCUT2D eigenvalue weighted by molar-refractivity contribution is 0.283. The number of hydrogen-bond donors (Lipinski definition) is 2. The molecule has 2 aliphatic rings. The lowest BCUT2D eigenvalue weighted by Crippen LogP contribution is -2.37. The van der Waals surface area contributed by atoms with Crippen molar-refractivity contribution in [1.29, 1.82) is 0 Å². The van der Waals surface area contributed by atoms with E-state index in [0.29, 0.717) is 22.2 Å². The number of benzene rings is 1. The molecule has 7 nitrogen and oxygen atoms in total. The van der Waals surface area contributed by atoms with Crippen LogP contribution in [-0.2, 0) is 12.6 Å². The Kier molecular flexibility index (Phi) is 3.35. The summed E-state index contributed by atoms with van der Waals surface area (Å²) in [7, 11) is 1.85. The zero-order valence-electron chi connectivity index (χ0n) is 16.8. The minimum absolute atomic E-state index is 0.00960. The monoisotopic (exact) mass is 401 g/mol. The van der Waals surface area contributed by atoms with Gasteiger partial charge < -0.3 is 15.4 Å². The van der Waals surface area contributed by atoms with E-state index in [1.807, 2.05) is 42.2 Å². The van der Waals surface area contributed by atoms with Gasteiger partial charge in [-0.3, -0.25) is 9.48 Å². The van der Waals surface area contributed by atoms with Crippen LogP contribution in [0.3, 0.4) is 0 Å². The summed E-state index contributed by atoms with van der Waals surface area (Å²) in [4.78, 5) is 18.0. The van der Waals surface area contributed by atoms with E-state index in [9.17, 15) is 9.90 Å². The van der Waals surface area contributed by atoms with E-state index >= 15 is 0 Å². The number of aryl methyl sites for hydroxylation is 1. The normalized spacial score (nSPS) is 25.5. The van der Waals surface area contributed by atoms with Gasteiger partial charge in [-0.15, -0.1) is 0 Å². The summed E-state index contributed by atoms with van der Waals surface area (Å²) < 4.78 is 3.61. The Labute approximate surface area is 172 Å². The quantitative estimate of drug-likeness (QED) is 0.538. The maximum Gasteiger partial charge on any atom is 0.260 e. The van der Waals surface area contributed by atoms with E-state index in [4.69, 9.17) is 10.7 Å². The molecule has 3 aromatic heterocycles. The summed E-state index contributed by atoms with van der Waals surface area (Å²) in [6, 6.07) is 9.06. The van der Waals surface area contributed by atoms with Crippen LogP contribution in [0.2, 0.25) is 0 Å². The van der Waals surface area contributed by atoms with E-state index in [0.717, 1.165) is 43.0 Å². The third kappa shape index (κ3) is 2.38. The molecule has 2 bridgehead atoms. The largest absolute Gasteiger partial charge is 0.507 e. The van der Waals surface area contributed by atoms with Crippen molar-refractivity contribution in [3.63, 3.8) is 0 Å². The second-order valence-electron chi connectivity index (χ2n) is 9.11. The third-order valence-electron chi connectivity index (χ3n) is 7.14. The summed E-state index contributed by atoms with van der Waals surface area (Å²) in [5.41, 5.74) is 8.81. The van der Waals surface area contributed by atoms with Gasteiger partial charge in [0, 0.05) is 47.5 Å². The van der Waals surface area contributed by atoms with Crippen LogP contribution in [0.5, 0.6) is 5.75 Å². The molecule has 2 fully saturated rings. The van der Waals surface area contributed by atoms with Crippen LogP contribution in [0.15, 0.2) is 47.5 Å². The Hall–Kier alpha value is -3.19. The van der Waals surface area contributed by atoms with Gasteiger partial charge in [-0.1, -0.05) is 0 Å². The second-order valence-corrected chi connectivity index (χ2v) is 9.11. The standard InChI is InChI=1S/C23H23N5O2/c1-27-12-14-10-16(20(29)11-19(14)26-27)17-3-2-15-18(25-17)4-9-28(21(15)30)23-7-5-22(24,13-23)6-8-23/h2-4,9-12,29H,5-8,13,24H2,1H3. The van der Waals surface area contributed by atoms with E-state index in [1.165, 1.54) is 0 Å². The molecule has 0 unspecified atom stereocenters. The highest BCUT2D eigenvalue weighted by atomic mass is 16.3. The number of aromatic hydroxyl groups is 1. The van der Waals surface area contributed by atoms with Crippen molar-refractivity contribution < 1.29 is 5.11 Å². The van der Waals surface area contributed by atoms with Gasteiger partial charge in [0.1, 0.15) is 5.75 Å². The van der Waals surface area contributed by atoms with Crippen LogP contribution in [0.1, 0.15) is 32.1 Å². The minimum Gasteiger partial charge on any atom is -0.507 e. The van der Waals surface area contributed by atoms with Crippen LogP contribution < -0.4 is 11.3 Å². The van der Waals surface area contributed by atoms with Crippen LogP contribution in [-0.4, -0.2) is 30.0 Å². The first kappa shape index (κ1) is 17.7. The highest BCUT2D eigenvalue weighted by molar-refractivity contribution is 5.89. The second kappa shape index (κ2) is 5.70. The van der Waals surface area contributed by atoms with Crippen molar-refractivity contribution in [1.82, 2.24) is 19.3 Å². The molecule has 2 saturated carbocycles. The molecule has 30 heavy (non-hydrogen) atoms. The Balaban J connectivity index is 1.47. The fourth-order valence-electron chi connectivity index (χ4n) is 5.59. The Morgan fingerprint density at radius 3 is 2.63 bits per heavy atom. The number of pyridine rings is 2. The molecule has 0 saturated heterocycles. The third-order valence-corrected chi connectivity index (χ3v) is 7.14. The van der Waals surface area contributed by atoms with Crippen LogP contribution in [0.4, 0.5) is 0 Å². The number of rotatable bonds is 2. The zero-order valence-corrected chi connectivity index (χ0v) is 16.8.